The minimum Gasteiger partial charge on any atom is -0.481 e. The van der Waals surface area contributed by atoms with Gasteiger partial charge in [-0.2, -0.15) is 5.26 Å². The van der Waals surface area contributed by atoms with Gasteiger partial charge in [-0.15, -0.1) is 0 Å². The SMILES string of the molecule is CCC(CC#N)NC(C)CCC(=O)O. The van der Waals surface area contributed by atoms with Crippen molar-refractivity contribution < 1.29 is 9.90 Å². The van der Waals surface area contributed by atoms with Gasteiger partial charge in [-0.05, 0) is 19.8 Å². The van der Waals surface area contributed by atoms with Gasteiger partial charge in [0, 0.05) is 18.5 Å². The molecular formula is C10H18N2O2. The van der Waals surface area contributed by atoms with Crippen LogP contribution in [0.2, 0.25) is 0 Å². The molecule has 80 valence electrons. The Labute approximate surface area is 84.9 Å². The van der Waals surface area contributed by atoms with Gasteiger partial charge < -0.3 is 10.4 Å². The minimum absolute atomic E-state index is 0.157. The molecule has 0 aromatic carbocycles. The van der Waals surface area contributed by atoms with Crippen molar-refractivity contribution in [1.29, 1.82) is 5.26 Å². The predicted octanol–water partition coefficient (Wildman–Crippen LogP) is 1.52. The quantitative estimate of drug-likeness (QED) is 0.650. The summed E-state index contributed by atoms with van der Waals surface area (Å²) in [6, 6.07) is 2.45. The highest BCUT2D eigenvalue weighted by Crippen LogP contribution is 2.02. The molecule has 2 unspecified atom stereocenters. The molecule has 4 nitrogen and oxygen atoms in total. The van der Waals surface area contributed by atoms with Crippen LogP contribution in [0.25, 0.3) is 0 Å². The summed E-state index contributed by atoms with van der Waals surface area (Å²) >= 11 is 0. The number of hydrogen-bond acceptors (Lipinski definition) is 3. The zero-order chi connectivity index (χ0) is 11.0. The lowest BCUT2D eigenvalue weighted by Gasteiger charge is -2.19. The van der Waals surface area contributed by atoms with E-state index in [2.05, 4.69) is 11.4 Å². The number of nitrogens with one attached hydrogen (secondary N) is 1. The Hall–Kier alpha value is -1.08. The van der Waals surface area contributed by atoms with Crippen LogP contribution in [-0.4, -0.2) is 23.2 Å². The normalized spacial score (nSPS) is 14.4. The molecule has 0 fully saturated rings. The van der Waals surface area contributed by atoms with Crippen LogP contribution in [0.15, 0.2) is 0 Å². The van der Waals surface area contributed by atoms with Crippen molar-refractivity contribution in [3.05, 3.63) is 0 Å². The molecule has 0 saturated heterocycles. The third kappa shape index (κ3) is 6.44. The van der Waals surface area contributed by atoms with Crippen molar-refractivity contribution in [1.82, 2.24) is 5.32 Å². The van der Waals surface area contributed by atoms with Crippen molar-refractivity contribution in [3.63, 3.8) is 0 Å². The number of rotatable bonds is 7. The maximum absolute atomic E-state index is 10.3. The van der Waals surface area contributed by atoms with Gasteiger partial charge >= 0.3 is 5.97 Å². The number of nitriles is 1. The fourth-order valence-electron chi connectivity index (χ4n) is 1.26. The van der Waals surface area contributed by atoms with E-state index >= 15 is 0 Å². The van der Waals surface area contributed by atoms with E-state index in [1.807, 2.05) is 13.8 Å². The highest BCUT2D eigenvalue weighted by Gasteiger charge is 2.10. The van der Waals surface area contributed by atoms with Gasteiger partial charge in [0.25, 0.3) is 0 Å². The van der Waals surface area contributed by atoms with Crippen LogP contribution in [0.4, 0.5) is 0 Å². The zero-order valence-electron chi connectivity index (χ0n) is 8.79. The lowest BCUT2D eigenvalue weighted by molar-refractivity contribution is -0.137. The largest absolute Gasteiger partial charge is 0.481 e. The van der Waals surface area contributed by atoms with Crippen molar-refractivity contribution in [2.75, 3.05) is 0 Å². The van der Waals surface area contributed by atoms with E-state index in [4.69, 9.17) is 10.4 Å². The molecule has 0 aliphatic rings. The van der Waals surface area contributed by atoms with Gasteiger partial charge in [0.2, 0.25) is 0 Å². The third-order valence-corrected chi connectivity index (χ3v) is 2.14. The summed E-state index contributed by atoms with van der Waals surface area (Å²) in [7, 11) is 0. The summed E-state index contributed by atoms with van der Waals surface area (Å²) in [4.78, 5) is 10.3. The molecule has 2 N–H and O–H groups in total. The lowest BCUT2D eigenvalue weighted by Crippen LogP contribution is -2.36. The lowest BCUT2D eigenvalue weighted by atomic mass is 10.1. The molecule has 0 aromatic heterocycles. The molecule has 0 bridgehead atoms. The highest BCUT2D eigenvalue weighted by atomic mass is 16.4. The molecule has 2 atom stereocenters. The molecule has 0 spiro atoms. The van der Waals surface area contributed by atoms with E-state index < -0.39 is 5.97 Å². The fraction of sp³-hybridized carbons (Fsp3) is 0.800. The summed E-state index contributed by atoms with van der Waals surface area (Å²) in [5.41, 5.74) is 0. The summed E-state index contributed by atoms with van der Waals surface area (Å²) in [6.45, 7) is 3.96. The van der Waals surface area contributed by atoms with Gasteiger partial charge in [-0.1, -0.05) is 6.92 Å². The predicted molar refractivity (Wildman–Crippen MR) is 53.8 cm³/mol. The summed E-state index contributed by atoms with van der Waals surface area (Å²) < 4.78 is 0. The molecule has 0 aromatic rings. The van der Waals surface area contributed by atoms with E-state index in [0.29, 0.717) is 12.8 Å². The van der Waals surface area contributed by atoms with E-state index in [0.717, 1.165) is 6.42 Å². The standard InChI is InChI=1S/C10H18N2O2/c1-3-9(6-7-11)12-8(2)4-5-10(13)14/h8-9,12H,3-6H2,1-2H3,(H,13,14). The first kappa shape index (κ1) is 12.9. The molecule has 4 heteroatoms. The highest BCUT2D eigenvalue weighted by molar-refractivity contribution is 5.66. The van der Waals surface area contributed by atoms with Crippen LogP contribution in [0, 0.1) is 11.3 Å². The van der Waals surface area contributed by atoms with Crippen LogP contribution >= 0.6 is 0 Å². The molecule has 0 saturated carbocycles. The summed E-state index contributed by atoms with van der Waals surface area (Å²) in [5, 5.41) is 20.2. The second kappa shape index (κ2) is 7.34. The average molecular weight is 198 g/mol. The van der Waals surface area contributed by atoms with Gasteiger partial charge in [-0.3, -0.25) is 4.79 Å². The van der Waals surface area contributed by atoms with E-state index in [1.165, 1.54) is 0 Å². The molecule has 14 heavy (non-hydrogen) atoms. The second-order valence-electron chi connectivity index (χ2n) is 3.47. The van der Waals surface area contributed by atoms with Gasteiger partial charge in [-0.25, -0.2) is 0 Å². The monoisotopic (exact) mass is 198 g/mol. The number of hydrogen-bond donors (Lipinski definition) is 2. The summed E-state index contributed by atoms with van der Waals surface area (Å²) in [6.07, 6.45) is 2.16. The van der Waals surface area contributed by atoms with Crippen LogP contribution < -0.4 is 5.32 Å². The van der Waals surface area contributed by atoms with Crippen LogP contribution in [-0.2, 0) is 4.79 Å². The van der Waals surface area contributed by atoms with Crippen LogP contribution in [0.1, 0.15) is 39.5 Å². The Bertz CT molecular complexity index is 211. The number of nitrogens with zero attached hydrogens (tertiary/aromatic N) is 1. The average Bonchev–Trinajstić information content (AvgIpc) is 2.14. The first-order chi connectivity index (χ1) is 6.60. The molecule has 0 rings (SSSR count). The Morgan fingerprint density at radius 2 is 2.29 bits per heavy atom. The minimum atomic E-state index is -0.771. The van der Waals surface area contributed by atoms with Gasteiger partial charge in [0.1, 0.15) is 0 Å². The number of carboxylic acids is 1. The van der Waals surface area contributed by atoms with Crippen LogP contribution in [0.3, 0.4) is 0 Å². The molecule has 0 heterocycles. The van der Waals surface area contributed by atoms with E-state index in [9.17, 15) is 4.79 Å². The number of aliphatic carboxylic acids is 1. The molecule has 0 amide bonds. The Morgan fingerprint density at radius 3 is 2.71 bits per heavy atom. The Kier molecular flexibility index (Phi) is 6.77. The van der Waals surface area contributed by atoms with Crippen molar-refractivity contribution in [2.45, 2.75) is 51.6 Å². The first-order valence-electron chi connectivity index (χ1n) is 4.94. The van der Waals surface area contributed by atoms with Gasteiger partial charge in [0.15, 0.2) is 0 Å². The maximum Gasteiger partial charge on any atom is 0.303 e. The zero-order valence-corrected chi connectivity index (χ0v) is 8.79. The fourth-order valence-corrected chi connectivity index (χ4v) is 1.26. The van der Waals surface area contributed by atoms with Crippen molar-refractivity contribution in [3.8, 4) is 6.07 Å². The van der Waals surface area contributed by atoms with E-state index in [1.54, 1.807) is 0 Å². The van der Waals surface area contributed by atoms with Crippen molar-refractivity contribution in [2.24, 2.45) is 0 Å². The molecule has 0 aliphatic carbocycles. The molecular weight excluding hydrogens is 180 g/mol. The maximum atomic E-state index is 10.3. The third-order valence-electron chi connectivity index (χ3n) is 2.14. The molecule has 0 radical (unpaired) electrons. The van der Waals surface area contributed by atoms with Crippen LogP contribution in [0.5, 0.6) is 0 Å². The van der Waals surface area contributed by atoms with E-state index in [-0.39, 0.29) is 18.5 Å². The number of carboxylic acid groups (broad SMARTS) is 1. The van der Waals surface area contributed by atoms with Crippen molar-refractivity contribution >= 4 is 5.97 Å². The molecule has 0 aliphatic heterocycles. The smallest absolute Gasteiger partial charge is 0.303 e. The van der Waals surface area contributed by atoms with Gasteiger partial charge in [0.05, 0.1) is 12.5 Å². The number of carbonyl (C=O) groups is 1. The topological polar surface area (TPSA) is 73.1 Å². The Balaban J connectivity index is 3.73. The second-order valence-corrected chi connectivity index (χ2v) is 3.47. The summed E-state index contributed by atoms with van der Waals surface area (Å²) in [5.74, 6) is -0.771. The first-order valence-corrected chi connectivity index (χ1v) is 4.94. The Morgan fingerprint density at radius 1 is 1.64 bits per heavy atom.